The number of fused-ring (bicyclic) bond motifs is 1. The molecular formula is C21H23N3O2S. The lowest BCUT2D eigenvalue weighted by Gasteiger charge is -2.06. The maximum absolute atomic E-state index is 11.9. The first-order valence-electron chi connectivity index (χ1n) is 9.13. The van der Waals surface area contributed by atoms with Crippen molar-refractivity contribution in [2.75, 3.05) is 11.9 Å². The van der Waals surface area contributed by atoms with Crippen LogP contribution < -0.4 is 10.6 Å². The van der Waals surface area contributed by atoms with Crippen LogP contribution in [0.5, 0.6) is 0 Å². The zero-order valence-electron chi connectivity index (χ0n) is 15.5. The summed E-state index contributed by atoms with van der Waals surface area (Å²) in [5, 5.41) is 6.19. The van der Waals surface area contributed by atoms with Crippen molar-refractivity contribution in [1.82, 2.24) is 10.3 Å². The molecule has 0 atom stereocenters. The molecule has 0 spiro atoms. The number of carbonyl (C=O) groups is 2. The summed E-state index contributed by atoms with van der Waals surface area (Å²) < 4.78 is 1.15. The lowest BCUT2D eigenvalue weighted by atomic mass is 10.2. The largest absolute Gasteiger partial charge is 0.348 e. The van der Waals surface area contributed by atoms with Gasteiger partial charge < -0.3 is 10.6 Å². The summed E-state index contributed by atoms with van der Waals surface area (Å²) in [6.07, 6.45) is 2.99. The fraction of sp³-hybridized carbons (Fsp3) is 0.286. The smallest absolute Gasteiger partial charge is 0.313 e. The number of thiazole rings is 1. The molecule has 0 unspecified atom stereocenters. The molecule has 6 heteroatoms. The van der Waals surface area contributed by atoms with E-state index in [2.05, 4.69) is 41.6 Å². The first-order valence-corrected chi connectivity index (χ1v) is 9.95. The van der Waals surface area contributed by atoms with Gasteiger partial charge in [-0.1, -0.05) is 25.8 Å². The van der Waals surface area contributed by atoms with E-state index in [4.69, 9.17) is 0 Å². The second-order valence-electron chi connectivity index (χ2n) is 6.48. The van der Waals surface area contributed by atoms with Crippen molar-refractivity contribution >= 4 is 39.1 Å². The minimum Gasteiger partial charge on any atom is -0.348 e. The zero-order valence-corrected chi connectivity index (χ0v) is 16.4. The third-order valence-corrected chi connectivity index (χ3v) is 5.27. The number of hydrogen-bond acceptors (Lipinski definition) is 4. The van der Waals surface area contributed by atoms with Gasteiger partial charge in [0, 0.05) is 17.8 Å². The Morgan fingerprint density at radius 1 is 1.04 bits per heavy atom. The van der Waals surface area contributed by atoms with Crippen LogP contribution in [0.1, 0.15) is 31.7 Å². The number of aromatic nitrogens is 1. The van der Waals surface area contributed by atoms with Crippen LogP contribution in [0.3, 0.4) is 0 Å². The number of nitrogens with zero attached hydrogens (tertiary/aromatic N) is 1. The van der Waals surface area contributed by atoms with Gasteiger partial charge in [-0.2, -0.15) is 0 Å². The quantitative estimate of drug-likeness (QED) is 0.487. The van der Waals surface area contributed by atoms with Gasteiger partial charge in [-0.15, -0.1) is 11.3 Å². The topological polar surface area (TPSA) is 71.1 Å². The summed E-state index contributed by atoms with van der Waals surface area (Å²) in [5.74, 6) is -1.24. The van der Waals surface area contributed by atoms with Crippen molar-refractivity contribution in [3.05, 3.63) is 48.0 Å². The molecule has 0 aliphatic heterocycles. The Kier molecular flexibility index (Phi) is 6.19. The molecule has 0 saturated heterocycles. The van der Waals surface area contributed by atoms with E-state index in [9.17, 15) is 9.59 Å². The molecule has 0 fully saturated rings. The summed E-state index contributed by atoms with van der Waals surface area (Å²) in [4.78, 5) is 28.4. The molecule has 1 heterocycles. The highest BCUT2D eigenvalue weighted by Gasteiger charge is 2.13. The molecule has 0 aliphatic rings. The Morgan fingerprint density at radius 3 is 2.56 bits per heavy atom. The number of hydrogen-bond donors (Lipinski definition) is 2. The van der Waals surface area contributed by atoms with Crippen LogP contribution in [0.15, 0.2) is 42.5 Å². The molecule has 0 saturated carbocycles. The van der Waals surface area contributed by atoms with Crippen LogP contribution in [0.25, 0.3) is 20.8 Å². The van der Waals surface area contributed by atoms with Gasteiger partial charge in [0.25, 0.3) is 0 Å². The molecule has 3 aromatic rings. The number of unbranched alkanes of at least 4 members (excludes halogenated alkanes) is 2. The SMILES string of the molecule is CCCCCNC(=O)C(=O)Nc1ccc(-c2nc3ccc(C)cc3s2)cc1. The highest BCUT2D eigenvalue weighted by atomic mass is 32.1. The van der Waals surface area contributed by atoms with Crippen molar-refractivity contribution in [1.29, 1.82) is 0 Å². The van der Waals surface area contributed by atoms with Crippen molar-refractivity contribution in [2.45, 2.75) is 33.1 Å². The van der Waals surface area contributed by atoms with Gasteiger partial charge in [0.1, 0.15) is 5.01 Å². The Labute approximate surface area is 162 Å². The van der Waals surface area contributed by atoms with Gasteiger partial charge in [-0.3, -0.25) is 9.59 Å². The van der Waals surface area contributed by atoms with Crippen molar-refractivity contribution in [2.24, 2.45) is 0 Å². The van der Waals surface area contributed by atoms with Crippen LogP contribution >= 0.6 is 11.3 Å². The van der Waals surface area contributed by atoms with Crippen LogP contribution in [0, 0.1) is 6.92 Å². The van der Waals surface area contributed by atoms with Gasteiger partial charge in [-0.05, 0) is 55.3 Å². The Bertz CT molecular complexity index is 948. The molecule has 140 valence electrons. The van der Waals surface area contributed by atoms with E-state index in [0.29, 0.717) is 12.2 Å². The molecular weight excluding hydrogens is 358 g/mol. The van der Waals surface area contributed by atoms with Gasteiger partial charge in [-0.25, -0.2) is 4.98 Å². The number of nitrogens with one attached hydrogen (secondary N) is 2. The maximum atomic E-state index is 11.9. The van der Waals surface area contributed by atoms with Gasteiger partial charge in [0.05, 0.1) is 10.2 Å². The average Bonchev–Trinajstić information content (AvgIpc) is 3.08. The lowest BCUT2D eigenvalue weighted by molar-refractivity contribution is -0.136. The first-order chi connectivity index (χ1) is 13.1. The minimum absolute atomic E-state index is 0.524. The van der Waals surface area contributed by atoms with Crippen LogP contribution in [0.4, 0.5) is 5.69 Å². The van der Waals surface area contributed by atoms with Crippen LogP contribution in [-0.4, -0.2) is 23.3 Å². The number of amides is 2. The Balaban J connectivity index is 1.62. The van der Waals surface area contributed by atoms with E-state index in [0.717, 1.165) is 40.1 Å². The first kappa shape index (κ1) is 19.0. The predicted octanol–water partition coefficient (Wildman–Crippen LogP) is 4.52. The Hall–Kier alpha value is -2.73. The highest BCUT2D eigenvalue weighted by Crippen LogP contribution is 2.31. The van der Waals surface area contributed by atoms with Crippen molar-refractivity contribution in [3.63, 3.8) is 0 Å². The summed E-state index contributed by atoms with van der Waals surface area (Å²) >= 11 is 1.64. The standard InChI is InChI=1S/C21H23N3O2S/c1-3-4-5-12-22-19(25)20(26)23-16-9-7-15(8-10-16)21-24-17-11-6-14(2)13-18(17)27-21/h6-11,13H,3-5,12H2,1-2H3,(H,22,25)(H,23,26). The molecule has 0 radical (unpaired) electrons. The van der Waals surface area contributed by atoms with Crippen molar-refractivity contribution < 1.29 is 9.59 Å². The van der Waals surface area contributed by atoms with Crippen LogP contribution in [0.2, 0.25) is 0 Å². The van der Waals surface area contributed by atoms with Gasteiger partial charge >= 0.3 is 11.8 Å². The number of benzene rings is 2. The summed E-state index contributed by atoms with van der Waals surface area (Å²) in [7, 11) is 0. The number of aryl methyl sites for hydroxylation is 1. The number of rotatable bonds is 6. The fourth-order valence-electron chi connectivity index (χ4n) is 2.70. The number of anilines is 1. The van der Waals surface area contributed by atoms with E-state index in [1.807, 2.05) is 18.2 Å². The molecule has 5 nitrogen and oxygen atoms in total. The molecule has 2 N–H and O–H groups in total. The number of carbonyl (C=O) groups excluding carboxylic acids is 2. The molecule has 0 aliphatic carbocycles. The van der Waals surface area contributed by atoms with E-state index in [-0.39, 0.29) is 0 Å². The van der Waals surface area contributed by atoms with Crippen molar-refractivity contribution in [3.8, 4) is 10.6 Å². The summed E-state index contributed by atoms with van der Waals surface area (Å²) in [6, 6.07) is 13.6. The van der Waals surface area contributed by atoms with E-state index in [1.165, 1.54) is 5.56 Å². The van der Waals surface area contributed by atoms with Gasteiger partial charge in [0.15, 0.2) is 0 Å². The third-order valence-electron chi connectivity index (χ3n) is 4.21. The molecule has 2 amide bonds. The van der Waals surface area contributed by atoms with E-state index in [1.54, 1.807) is 23.5 Å². The lowest BCUT2D eigenvalue weighted by Crippen LogP contribution is -2.35. The normalized spacial score (nSPS) is 10.7. The van der Waals surface area contributed by atoms with Gasteiger partial charge in [0.2, 0.25) is 0 Å². The molecule has 0 bridgehead atoms. The highest BCUT2D eigenvalue weighted by molar-refractivity contribution is 7.21. The van der Waals surface area contributed by atoms with E-state index >= 15 is 0 Å². The minimum atomic E-state index is -0.644. The maximum Gasteiger partial charge on any atom is 0.313 e. The molecule has 27 heavy (non-hydrogen) atoms. The second kappa shape index (κ2) is 8.77. The monoisotopic (exact) mass is 381 g/mol. The Morgan fingerprint density at radius 2 is 1.81 bits per heavy atom. The fourth-order valence-corrected chi connectivity index (χ4v) is 3.77. The predicted molar refractivity (Wildman–Crippen MR) is 111 cm³/mol. The molecule has 3 rings (SSSR count). The molecule has 2 aromatic carbocycles. The van der Waals surface area contributed by atoms with Crippen LogP contribution in [-0.2, 0) is 9.59 Å². The average molecular weight is 382 g/mol. The molecule has 1 aromatic heterocycles. The van der Waals surface area contributed by atoms with E-state index < -0.39 is 11.8 Å². The third kappa shape index (κ3) is 4.92. The second-order valence-corrected chi connectivity index (χ2v) is 7.52. The zero-order chi connectivity index (χ0) is 19.2. The summed E-state index contributed by atoms with van der Waals surface area (Å²) in [5.41, 5.74) is 3.77. The summed E-state index contributed by atoms with van der Waals surface area (Å²) in [6.45, 7) is 4.68.